The number of carbonyl (C=O) groups excluding carboxylic acids is 1. The lowest BCUT2D eigenvalue weighted by molar-refractivity contribution is 0.0620. The topological polar surface area (TPSA) is 54.5 Å². The van der Waals surface area contributed by atoms with Crippen molar-refractivity contribution in [2.24, 2.45) is 5.92 Å². The van der Waals surface area contributed by atoms with Crippen LogP contribution in [-0.4, -0.2) is 41.5 Å². The predicted molar refractivity (Wildman–Crippen MR) is 89.0 cm³/mol. The fraction of sp³-hybridized carbons (Fsp3) is 0.412. The van der Waals surface area contributed by atoms with Crippen LogP contribution in [0.25, 0.3) is 0 Å². The van der Waals surface area contributed by atoms with E-state index >= 15 is 0 Å². The Balaban J connectivity index is 1.38. The van der Waals surface area contributed by atoms with Gasteiger partial charge in [0.2, 0.25) is 5.06 Å². The molecule has 2 bridgehead atoms. The van der Waals surface area contributed by atoms with Gasteiger partial charge in [-0.25, -0.2) is 4.98 Å². The summed E-state index contributed by atoms with van der Waals surface area (Å²) >= 11 is 1.44. The summed E-state index contributed by atoms with van der Waals surface area (Å²) in [6, 6.07) is 7.56. The molecular formula is C17H19N3O2S. The van der Waals surface area contributed by atoms with Crippen LogP contribution in [0.4, 0.5) is 0 Å². The number of aromatic nitrogens is 1. The van der Waals surface area contributed by atoms with Crippen LogP contribution in [0.15, 0.2) is 36.0 Å². The van der Waals surface area contributed by atoms with Gasteiger partial charge >= 0.3 is 0 Å². The summed E-state index contributed by atoms with van der Waals surface area (Å²) in [5.41, 5.74) is 2.41. The number of thiazole rings is 1. The predicted octanol–water partition coefficient (Wildman–Crippen LogP) is 2.76. The summed E-state index contributed by atoms with van der Waals surface area (Å²) in [4.78, 5) is 18.9. The molecule has 0 aliphatic carbocycles. The molecule has 23 heavy (non-hydrogen) atoms. The SMILES string of the molecule is O=C(N[C@H]1CN2CCC1CC2)c1ccc(Oc2cncs2)cc1. The van der Waals surface area contributed by atoms with Gasteiger partial charge in [0.25, 0.3) is 5.91 Å². The summed E-state index contributed by atoms with van der Waals surface area (Å²) in [5.74, 6) is 1.36. The van der Waals surface area contributed by atoms with Crippen LogP contribution in [0.5, 0.6) is 10.8 Å². The first kappa shape index (κ1) is 14.7. The van der Waals surface area contributed by atoms with Crippen molar-refractivity contribution in [1.82, 2.24) is 15.2 Å². The summed E-state index contributed by atoms with van der Waals surface area (Å²) in [5, 5.41) is 3.95. The van der Waals surface area contributed by atoms with Gasteiger partial charge in [-0.3, -0.25) is 4.79 Å². The number of rotatable bonds is 4. The zero-order chi connectivity index (χ0) is 15.6. The number of hydrogen-bond acceptors (Lipinski definition) is 5. The van der Waals surface area contributed by atoms with Crippen molar-refractivity contribution in [2.45, 2.75) is 18.9 Å². The van der Waals surface area contributed by atoms with E-state index in [1.807, 2.05) is 24.3 Å². The van der Waals surface area contributed by atoms with Gasteiger partial charge < -0.3 is 15.0 Å². The van der Waals surface area contributed by atoms with Crippen LogP contribution in [0, 0.1) is 5.92 Å². The van der Waals surface area contributed by atoms with Crippen LogP contribution in [-0.2, 0) is 0 Å². The van der Waals surface area contributed by atoms with Gasteiger partial charge in [0, 0.05) is 18.2 Å². The molecule has 4 heterocycles. The molecule has 0 saturated carbocycles. The van der Waals surface area contributed by atoms with Crippen LogP contribution in [0.2, 0.25) is 0 Å². The number of nitrogens with one attached hydrogen (secondary N) is 1. The maximum absolute atomic E-state index is 12.4. The van der Waals surface area contributed by atoms with Gasteiger partial charge in [-0.1, -0.05) is 11.3 Å². The number of hydrogen-bond donors (Lipinski definition) is 1. The van der Waals surface area contributed by atoms with Gasteiger partial charge in [-0.2, -0.15) is 0 Å². The van der Waals surface area contributed by atoms with E-state index < -0.39 is 0 Å². The molecule has 5 nitrogen and oxygen atoms in total. The normalized spacial score (nSPS) is 26.0. The molecule has 0 unspecified atom stereocenters. The molecule has 5 rings (SSSR count). The molecular weight excluding hydrogens is 310 g/mol. The van der Waals surface area contributed by atoms with Crippen LogP contribution >= 0.6 is 11.3 Å². The zero-order valence-corrected chi connectivity index (χ0v) is 13.6. The van der Waals surface area contributed by atoms with Crippen molar-refractivity contribution in [3.05, 3.63) is 41.5 Å². The van der Waals surface area contributed by atoms with E-state index in [4.69, 9.17) is 4.74 Å². The highest BCUT2D eigenvalue weighted by Gasteiger charge is 2.34. The summed E-state index contributed by atoms with van der Waals surface area (Å²) in [6.45, 7) is 3.35. The van der Waals surface area contributed by atoms with Crippen LogP contribution < -0.4 is 10.1 Å². The maximum Gasteiger partial charge on any atom is 0.251 e. The Morgan fingerprint density at radius 2 is 2.04 bits per heavy atom. The molecule has 6 heteroatoms. The number of piperidine rings is 3. The molecule has 0 spiro atoms. The Labute approximate surface area is 139 Å². The van der Waals surface area contributed by atoms with E-state index in [9.17, 15) is 4.79 Å². The fourth-order valence-corrected chi connectivity index (χ4v) is 3.92. The second-order valence-electron chi connectivity index (χ2n) is 6.16. The number of ether oxygens (including phenoxy) is 1. The Hall–Kier alpha value is -1.92. The molecule has 1 N–H and O–H groups in total. The van der Waals surface area contributed by atoms with Crippen molar-refractivity contribution in [3.63, 3.8) is 0 Å². The second-order valence-corrected chi connectivity index (χ2v) is 7.01. The van der Waals surface area contributed by atoms with Crippen molar-refractivity contribution < 1.29 is 9.53 Å². The number of nitrogens with zero attached hydrogens (tertiary/aromatic N) is 2. The van der Waals surface area contributed by atoms with Crippen molar-refractivity contribution in [1.29, 1.82) is 0 Å². The second kappa shape index (κ2) is 6.29. The Kier molecular flexibility index (Phi) is 4.01. The number of amides is 1. The minimum absolute atomic E-state index is 0.00749. The highest BCUT2D eigenvalue weighted by molar-refractivity contribution is 7.11. The first-order valence-corrected chi connectivity index (χ1v) is 8.85. The third kappa shape index (κ3) is 3.23. The summed E-state index contributed by atoms with van der Waals surface area (Å²) in [7, 11) is 0. The molecule has 1 atom stereocenters. The van der Waals surface area contributed by atoms with Crippen molar-refractivity contribution in [2.75, 3.05) is 19.6 Å². The highest BCUT2D eigenvalue weighted by Crippen LogP contribution is 2.28. The van der Waals surface area contributed by atoms with E-state index in [-0.39, 0.29) is 11.9 Å². The minimum Gasteiger partial charge on any atom is -0.445 e. The molecule has 3 fully saturated rings. The summed E-state index contributed by atoms with van der Waals surface area (Å²) in [6.07, 6.45) is 4.08. The molecule has 3 saturated heterocycles. The molecule has 0 radical (unpaired) electrons. The average Bonchev–Trinajstić information content (AvgIpc) is 3.09. The molecule has 2 aromatic rings. The van der Waals surface area contributed by atoms with Gasteiger partial charge in [-0.05, 0) is 56.1 Å². The Morgan fingerprint density at radius 1 is 1.26 bits per heavy atom. The van der Waals surface area contributed by atoms with E-state index in [1.165, 1.54) is 37.3 Å². The van der Waals surface area contributed by atoms with Crippen molar-refractivity contribution >= 4 is 17.2 Å². The number of carbonyl (C=O) groups is 1. The fourth-order valence-electron chi connectivity index (χ4n) is 3.43. The summed E-state index contributed by atoms with van der Waals surface area (Å²) < 4.78 is 5.66. The minimum atomic E-state index is 0.00749. The molecule has 1 aromatic carbocycles. The monoisotopic (exact) mass is 329 g/mol. The molecule has 3 aliphatic rings. The molecule has 3 aliphatic heterocycles. The quantitative estimate of drug-likeness (QED) is 0.937. The lowest BCUT2D eigenvalue weighted by Gasteiger charge is -2.44. The third-order valence-electron chi connectivity index (χ3n) is 4.72. The number of benzene rings is 1. The first-order chi connectivity index (χ1) is 11.3. The third-order valence-corrected chi connectivity index (χ3v) is 5.37. The highest BCUT2D eigenvalue weighted by atomic mass is 32.1. The Morgan fingerprint density at radius 3 is 2.65 bits per heavy atom. The lowest BCUT2D eigenvalue weighted by Crippen LogP contribution is -2.57. The van der Waals surface area contributed by atoms with Gasteiger partial charge in [-0.15, -0.1) is 0 Å². The van der Waals surface area contributed by atoms with E-state index in [2.05, 4.69) is 15.2 Å². The zero-order valence-electron chi connectivity index (χ0n) is 12.8. The van der Waals surface area contributed by atoms with E-state index in [0.717, 1.165) is 11.6 Å². The standard InChI is InChI=1S/C17H19N3O2S/c21-17(19-15-10-20-7-5-12(15)6-8-20)13-1-3-14(4-2-13)22-16-9-18-11-23-16/h1-4,9,11-12,15H,5-8,10H2,(H,19,21)/t15-/m0/s1. The van der Waals surface area contributed by atoms with E-state index in [1.54, 1.807) is 11.7 Å². The largest absolute Gasteiger partial charge is 0.445 e. The Bertz CT molecular complexity index is 664. The van der Waals surface area contributed by atoms with Gasteiger partial charge in [0.15, 0.2) is 0 Å². The van der Waals surface area contributed by atoms with Gasteiger partial charge in [0.05, 0.1) is 11.7 Å². The molecule has 1 amide bonds. The van der Waals surface area contributed by atoms with Crippen molar-refractivity contribution in [3.8, 4) is 10.8 Å². The average molecular weight is 329 g/mol. The van der Waals surface area contributed by atoms with Gasteiger partial charge in [0.1, 0.15) is 5.75 Å². The molecule has 120 valence electrons. The van der Waals surface area contributed by atoms with Crippen LogP contribution in [0.3, 0.4) is 0 Å². The molecule has 1 aromatic heterocycles. The van der Waals surface area contributed by atoms with E-state index in [0.29, 0.717) is 17.2 Å². The number of fused-ring (bicyclic) bond motifs is 3. The lowest BCUT2D eigenvalue weighted by atomic mass is 9.84. The van der Waals surface area contributed by atoms with Crippen LogP contribution in [0.1, 0.15) is 23.2 Å². The smallest absolute Gasteiger partial charge is 0.251 e. The maximum atomic E-state index is 12.4. The first-order valence-electron chi connectivity index (χ1n) is 7.97.